The number of halogens is 2. The number of H-pyrrole nitrogens is 2. The molecular weight excluding hydrogens is 889 g/mol. The van der Waals surface area contributed by atoms with Gasteiger partial charge in [-0.2, -0.15) is 10.2 Å². The molecule has 0 saturated heterocycles. The highest BCUT2D eigenvalue weighted by molar-refractivity contribution is 5.99. The molecule has 68 heavy (non-hydrogen) atoms. The van der Waals surface area contributed by atoms with Crippen LogP contribution in [0, 0.1) is 11.6 Å². The average Bonchev–Trinajstić information content (AvgIpc) is 4.14. The lowest BCUT2D eigenvalue weighted by molar-refractivity contribution is 0.0927. The molecule has 0 fully saturated rings. The maximum atomic E-state index is 14.2. The van der Waals surface area contributed by atoms with Crippen LogP contribution in [0.25, 0.3) is 33.5 Å². The molecule has 23 heteroatoms. The largest absolute Gasteiger partial charge is 0.417 e. The maximum Gasteiger partial charge on any atom is 0.417 e. The first kappa shape index (κ1) is 43.6. The number of pyridine rings is 1. The first-order valence-electron chi connectivity index (χ1n) is 20.3. The molecule has 0 spiro atoms. The van der Waals surface area contributed by atoms with Gasteiger partial charge in [0.1, 0.15) is 22.8 Å². The van der Waals surface area contributed by atoms with E-state index in [-0.39, 0.29) is 60.2 Å². The molecule has 0 saturated carbocycles. The van der Waals surface area contributed by atoms with Gasteiger partial charge >= 0.3 is 11.5 Å². The van der Waals surface area contributed by atoms with Crippen molar-refractivity contribution >= 4 is 57.1 Å². The zero-order chi connectivity index (χ0) is 47.3. The fourth-order valence-electron chi connectivity index (χ4n) is 6.83. The van der Waals surface area contributed by atoms with Crippen molar-refractivity contribution in [3.05, 3.63) is 194 Å². The molecule has 0 aliphatic heterocycles. The van der Waals surface area contributed by atoms with Crippen molar-refractivity contribution in [3.8, 4) is 0 Å². The Bertz CT molecular complexity index is 3420. The minimum atomic E-state index is -0.775. The molecule has 7 heterocycles. The van der Waals surface area contributed by atoms with Crippen molar-refractivity contribution in [1.29, 1.82) is 0 Å². The summed E-state index contributed by atoms with van der Waals surface area (Å²) in [6.07, 6.45) is 3.44. The number of benzene rings is 3. The first-order valence-corrected chi connectivity index (χ1v) is 20.3. The summed E-state index contributed by atoms with van der Waals surface area (Å²) in [5.74, 6) is -5.04. The van der Waals surface area contributed by atoms with Crippen molar-refractivity contribution in [2.75, 3.05) is 0 Å². The molecule has 0 atom stereocenters. The summed E-state index contributed by atoms with van der Waals surface area (Å²) < 4.78 is 40.5. The lowest BCUT2D eigenvalue weighted by Crippen LogP contribution is -2.28. The van der Waals surface area contributed by atoms with E-state index in [4.69, 9.17) is 8.83 Å². The molecule has 0 aliphatic carbocycles. The Kier molecular flexibility index (Phi) is 12.1. The average molecular weight is 922 g/mol. The summed E-state index contributed by atoms with van der Waals surface area (Å²) in [6.45, 7) is 0.574. The van der Waals surface area contributed by atoms with E-state index in [1.807, 2.05) is 30.3 Å². The quantitative estimate of drug-likeness (QED) is 0.102. The van der Waals surface area contributed by atoms with E-state index in [1.165, 1.54) is 12.1 Å². The fourth-order valence-corrected chi connectivity index (χ4v) is 6.83. The van der Waals surface area contributed by atoms with Gasteiger partial charge in [0.25, 0.3) is 23.6 Å². The molecule has 0 unspecified atom stereocenters. The van der Waals surface area contributed by atoms with Crippen LogP contribution >= 0.6 is 0 Å². The minimum Gasteiger partial charge on any atom is -0.408 e. The van der Waals surface area contributed by atoms with Gasteiger partial charge in [-0.15, -0.1) is 0 Å². The number of carbonyl (C=O) groups is 4. The Morgan fingerprint density at radius 2 is 1.01 bits per heavy atom. The maximum absolute atomic E-state index is 14.2. The molecule has 10 rings (SSSR count). The molecule has 10 aromatic rings. The molecule has 0 aliphatic rings. The summed E-state index contributed by atoms with van der Waals surface area (Å²) in [6, 6.07) is 26.9. The van der Waals surface area contributed by atoms with Crippen LogP contribution in [0.5, 0.6) is 0 Å². The summed E-state index contributed by atoms with van der Waals surface area (Å²) in [5, 5.41) is 18.5. The van der Waals surface area contributed by atoms with Gasteiger partial charge < -0.3 is 30.1 Å². The smallest absolute Gasteiger partial charge is 0.408 e. The van der Waals surface area contributed by atoms with Crippen molar-refractivity contribution in [1.82, 2.24) is 65.4 Å². The lowest BCUT2D eigenvalue weighted by Gasteiger charge is -2.10. The highest BCUT2D eigenvalue weighted by Gasteiger charge is 2.22. The summed E-state index contributed by atoms with van der Waals surface area (Å²) in [5.41, 5.74) is 3.75. The topological polar surface area (TPSA) is 282 Å². The third-order valence-electron chi connectivity index (χ3n) is 10.1. The zero-order valence-electron chi connectivity index (χ0n) is 35.0. The number of nitrogens with one attached hydrogen (secondary N) is 6. The second-order valence-electron chi connectivity index (χ2n) is 14.7. The van der Waals surface area contributed by atoms with Crippen LogP contribution in [0.2, 0.25) is 0 Å². The molecule has 3 aromatic carbocycles. The second kappa shape index (κ2) is 18.8. The van der Waals surface area contributed by atoms with Crippen LogP contribution in [0.15, 0.2) is 134 Å². The number of hydrogen-bond acceptors (Lipinski definition) is 13. The number of aromatic nitrogens is 9. The third-order valence-corrected chi connectivity index (χ3v) is 10.1. The number of amides is 4. The molecule has 7 aromatic heterocycles. The first-order chi connectivity index (χ1) is 32.9. The third kappa shape index (κ3) is 9.56. The van der Waals surface area contributed by atoms with Crippen molar-refractivity contribution in [2.24, 2.45) is 0 Å². The summed E-state index contributed by atoms with van der Waals surface area (Å²) in [4.78, 5) is 91.1. The molecule has 4 amide bonds. The van der Waals surface area contributed by atoms with E-state index < -0.39 is 46.8 Å². The minimum absolute atomic E-state index is 0.0348. The zero-order valence-corrected chi connectivity index (χ0v) is 35.0. The highest BCUT2D eigenvalue weighted by atomic mass is 19.1. The van der Waals surface area contributed by atoms with E-state index in [0.29, 0.717) is 39.0 Å². The number of hydrogen-bond donors (Lipinski definition) is 6. The number of nitrogens with zero attached hydrogens (tertiary/aromatic N) is 7. The fraction of sp³-hybridized carbons (Fsp3) is 0.0889. The number of carbonyl (C=O) groups excluding carboxylic acids is 4. The predicted molar refractivity (Wildman–Crippen MR) is 235 cm³/mol. The van der Waals surface area contributed by atoms with Gasteiger partial charge in [0.15, 0.2) is 34.1 Å². The molecular formula is C45H33F2N13O8. The standard InChI is InChI=1S/C23H17FN6O4.C22H16FN7O4/c24-15-12-27-30-18(22(32)26-10-13-4-2-1-3-5-13)9-17(28-20(15)30)21(31)25-11-14-6-7-19-16(8-14)29-23(33)34-19;23-14-11-27-30-17(21(32)26-10-13-3-1-2-6-24-13)8-16(28-19(14)30)20(31)25-9-12-4-5-18-15(7-12)29-22(33)34-18/h1-9,12H,10-11H2,(H,25,31)(H,26,32)(H,29,33);1-8,11H,9-10H2,(H,25,31)(H,26,32)(H,29,33). The normalized spacial score (nSPS) is 11.1. The van der Waals surface area contributed by atoms with E-state index in [0.717, 1.165) is 27.0 Å². The van der Waals surface area contributed by atoms with E-state index in [1.54, 1.807) is 60.8 Å². The van der Waals surface area contributed by atoms with Crippen LogP contribution in [0.4, 0.5) is 8.78 Å². The Balaban J connectivity index is 0.000000170. The summed E-state index contributed by atoms with van der Waals surface area (Å²) >= 11 is 0. The van der Waals surface area contributed by atoms with Crippen LogP contribution in [-0.2, 0) is 26.2 Å². The van der Waals surface area contributed by atoms with Gasteiger partial charge in [-0.3, -0.25) is 34.1 Å². The Morgan fingerprint density at radius 3 is 1.51 bits per heavy atom. The van der Waals surface area contributed by atoms with Crippen LogP contribution < -0.4 is 32.8 Å². The molecule has 0 radical (unpaired) electrons. The molecule has 340 valence electrons. The number of rotatable bonds is 12. The Labute approximate surface area is 378 Å². The highest BCUT2D eigenvalue weighted by Crippen LogP contribution is 2.17. The number of fused-ring (bicyclic) bond motifs is 4. The Hall–Kier alpha value is -9.67. The van der Waals surface area contributed by atoms with Gasteiger partial charge in [0.05, 0.1) is 35.7 Å². The van der Waals surface area contributed by atoms with Crippen molar-refractivity contribution < 1.29 is 36.8 Å². The van der Waals surface area contributed by atoms with E-state index in [2.05, 4.69) is 56.4 Å². The molecule has 6 N–H and O–H groups in total. The van der Waals surface area contributed by atoms with Gasteiger partial charge in [0.2, 0.25) is 0 Å². The van der Waals surface area contributed by atoms with Gasteiger partial charge in [-0.05, 0) is 53.1 Å². The van der Waals surface area contributed by atoms with Crippen molar-refractivity contribution in [3.63, 3.8) is 0 Å². The predicted octanol–water partition coefficient (Wildman–Crippen LogP) is 3.72. The van der Waals surface area contributed by atoms with Crippen LogP contribution in [0.1, 0.15) is 64.3 Å². The summed E-state index contributed by atoms with van der Waals surface area (Å²) in [7, 11) is 0. The number of oxazole rings is 2. The molecule has 0 bridgehead atoms. The Morgan fingerprint density at radius 1 is 0.544 bits per heavy atom. The number of aromatic amines is 2. The van der Waals surface area contributed by atoms with Crippen molar-refractivity contribution in [2.45, 2.75) is 26.2 Å². The lowest BCUT2D eigenvalue weighted by atomic mass is 10.2. The monoisotopic (exact) mass is 921 g/mol. The SMILES string of the molecule is O=C(NCc1ccc2oc(=O)[nH]c2c1)c1cc(C(=O)NCc2ccccc2)n2ncc(F)c2n1.O=C(NCc1ccc2oc(=O)[nH]c2c1)c1cc(C(=O)NCc2ccccn2)n2ncc(F)c2n1. The van der Waals surface area contributed by atoms with Gasteiger partial charge in [0, 0.05) is 38.0 Å². The van der Waals surface area contributed by atoms with Gasteiger partial charge in [-0.25, -0.2) is 37.4 Å². The van der Waals surface area contributed by atoms with E-state index in [9.17, 15) is 37.5 Å². The van der Waals surface area contributed by atoms with Crippen LogP contribution in [-0.4, -0.2) is 67.8 Å². The molecule has 21 nitrogen and oxygen atoms in total. The van der Waals surface area contributed by atoms with Gasteiger partial charge in [-0.1, -0.05) is 48.5 Å². The van der Waals surface area contributed by atoms with Crippen LogP contribution in [0.3, 0.4) is 0 Å². The van der Waals surface area contributed by atoms with E-state index >= 15 is 0 Å². The second-order valence-corrected chi connectivity index (χ2v) is 14.7.